The van der Waals surface area contributed by atoms with Crippen LogP contribution in [0.4, 0.5) is 0 Å². The zero-order valence-corrected chi connectivity index (χ0v) is 5.47. The number of carbonyl (C=O) groups excluding carboxylic acids is 1. The maximum Gasteiger partial charge on any atom is 0.209 e. The SMILES string of the molecule is O=CN1CCC2(CC2)C1. The van der Waals surface area contributed by atoms with Gasteiger partial charge in [0.25, 0.3) is 0 Å². The van der Waals surface area contributed by atoms with Gasteiger partial charge in [-0.15, -0.1) is 0 Å². The molecule has 2 nitrogen and oxygen atoms in total. The lowest BCUT2D eigenvalue weighted by molar-refractivity contribution is -0.117. The molecule has 0 bridgehead atoms. The van der Waals surface area contributed by atoms with Crippen LogP contribution >= 0.6 is 0 Å². The van der Waals surface area contributed by atoms with Crippen molar-refractivity contribution in [2.45, 2.75) is 19.3 Å². The van der Waals surface area contributed by atoms with Gasteiger partial charge >= 0.3 is 0 Å². The molecule has 1 amide bonds. The van der Waals surface area contributed by atoms with E-state index < -0.39 is 0 Å². The van der Waals surface area contributed by atoms with Crippen molar-refractivity contribution in [2.24, 2.45) is 5.41 Å². The highest BCUT2D eigenvalue weighted by molar-refractivity contribution is 5.48. The topological polar surface area (TPSA) is 20.3 Å². The van der Waals surface area contributed by atoms with Gasteiger partial charge in [0, 0.05) is 13.1 Å². The predicted octanol–water partition coefficient (Wildman–Crippen LogP) is 0.629. The van der Waals surface area contributed by atoms with Gasteiger partial charge in [-0.05, 0) is 24.7 Å². The van der Waals surface area contributed by atoms with Gasteiger partial charge in [-0.2, -0.15) is 0 Å². The molecule has 0 aromatic carbocycles. The number of amides is 1. The van der Waals surface area contributed by atoms with Crippen molar-refractivity contribution in [1.29, 1.82) is 0 Å². The Morgan fingerprint density at radius 1 is 1.33 bits per heavy atom. The van der Waals surface area contributed by atoms with E-state index in [0.717, 1.165) is 19.5 Å². The summed E-state index contributed by atoms with van der Waals surface area (Å²) in [5.74, 6) is 0. The Kier molecular flexibility index (Phi) is 0.875. The number of hydrogen-bond acceptors (Lipinski definition) is 1. The van der Waals surface area contributed by atoms with Gasteiger partial charge in [0.1, 0.15) is 0 Å². The summed E-state index contributed by atoms with van der Waals surface area (Å²) >= 11 is 0. The van der Waals surface area contributed by atoms with Crippen LogP contribution in [0.15, 0.2) is 0 Å². The van der Waals surface area contributed by atoms with E-state index in [-0.39, 0.29) is 0 Å². The molecule has 9 heavy (non-hydrogen) atoms. The van der Waals surface area contributed by atoms with E-state index in [4.69, 9.17) is 0 Å². The van der Waals surface area contributed by atoms with Gasteiger partial charge in [-0.3, -0.25) is 4.79 Å². The lowest BCUT2D eigenvalue weighted by Crippen LogP contribution is -2.18. The maximum atomic E-state index is 10.2. The first-order chi connectivity index (χ1) is 4.35. The van der Waals surface area contributed by atoms with E-state index in [0.29, 0.717) is 5.41 Å². The van der Waals surface area contributed by atoms with Crippen molar-refractivity contribution in [3.63, 3.8) is 0 Å². The Balaban J connectivity index is 2.00. The third-order valence-electron chi connectivity index (χ3n) is 2.57. The number of rotatable bonds is 1. The fraction of sp³-hybridized carbons (Fsp3) is 0.857. The molecule has 0 atom stereocenters. The van der Waals surface area contributed by atoms with Gasteiger partial charge in [0.2, 0.25) is 6.41 Å². The van der Waals surface area contributed by atoms with Crippen LogP contribution in [0.1, 0.15) is 19.3 Å². The molecule has 1 saturated carbocycles. The first kappa shape index (κ1) is 5.27. The molecule has 0 radical (unpaired) electrons. The third kappa shape index (κ3) is 0.732. The van der Waals surface area contributed by atoms with E-state index in [1.54, 1.807) is 0 Å². The average molecular weight is 125 g/mol. The molecular weight excluding hydrogens is 114 g/mol. The van der Waals surface area contributed by atoms with Crippen molar-refractivity contribution in [3.8, 4) is 0 Å². The molecule has 2 aliphatic rings. The highest BCUT2D eigenvalue weighted by Crippen LogP contribution is 2.52. The van der Waals surface area contributed by atoms with Crippen LogP contribution in [-0.2, 0) is 4.79 Å². The Morgan fingerprint density at radius 3 is 2.44 bits per heavy atom. The van der Waals surface area contributed by atoms with E-state index in [1.807, 2.05) is 4.90 Å². The van der Waals surface area contributed by atoms with Crippen molar-refractivity contribution in [2.75, 3.05) is 13.1 Å². The fourth-order valence-electron chi connectivity index (χ4n) is 1.64. The normalized spacial score (nSPS) is 29.1. The van der Waals surface area contributed by atoms with Crippen molar-refractivity contribution < 1.29 is 4.79 Å². The highest BCUT2D eigenvalue weighted by Gasteiger charge is 2.47. The van der Waals surface area contributed by atoms with Crippen LogP contribution in [0.2, 0.25) is 0 Å². The predicted molar refractivity (Wildman–Crippen MR) is 33.9 cm³/mol. The molecule has 50 valence electrons. The lowest BCUT2D eigenvalue weighted by atomic mass is 10.1. The lowest BCUT2D eigenvalue weighted by Gasteiger charge is -2.06. The summed E-state index contributed by atoms with van der Waals surface area (Å²) < 4.78 is 0. The Morgan fingerprint density at radius 2 is 2.11 bits per heavy atom. The average Bonchev–Trinajstić information content (AvgIpc) is 2.44. The first-order valence-corrected chi connectivity index (χ1v) is 3.54. The van der Waals surface area contributed by atoms with Gasteiger partial charge in [-0.25, -0.2) is 0 Å². The second kappa shape index (κ2) is 1.49. The van der Waals surface area contributed by atoms with Crippen LogP contribution in [0.25, 0.3) is 0 Å². The number of hydrogen-bond donors (Lipinski definition) is 0. The zero-order valence-electron chi connectivity index (χ0n) is 5.47. The van der Waals surface area contributed by atoms with Crippen LogP contribution in [0.5, 0.6) is 0 Å². The first-order valence-electron chi connectivity index (χ1n) is 3.54. The molecule has 2 rings (SSSR count). The summed E-state index contributed by atoms with van der Waals surface area (Å²) in [7, 11) is 0. The highest BCUT2D eigenvalue weighted by atomic mass is 16.1. The molecule has 2 heteroatoms. The molecule has 1 spiro atoms. The molecule has 1 aliphatic heterocycles. The van der Waals surface area contributed by atoms with Crippen LogP contribution in [-0.4, -0.2) is 24.4 Å². The minimum Gasteiger partial charge on any atom is -0.345 e. The van der Waals surface area contributed by atoms with Crippen LogP contribution in [0.3, 0.4) is 0 Å². The molecular formula is C7H11NO. The van der Waals surface area contributed by atoms with Crippen molar-refractivity contribution in [3.05, 3.63) is 0 Å². The van der Waals surface area contributed by atoms with E-state index >= 15 is 0 Å². The summed E-state index contributed by atoms with van der Waals surface area (Å²) in [6.07, 6.45) is 4.95. The summed E-state index contributed by atoms with van der Waals surface area (Å²) in [4.78, 5) is 12.1. The molecule has 0 N–H and O–H groups in total. The summed E-state index contributed by atoms with van der Waals surface area (Å²) in [6, 6.07) is 0. The molecule has 0 unspecified atom stereocenters. The summed E-state index contributed by atoms with van der Waals surface area (Å²) in [5, 5.41) is 0. The molecule has 1 aliphatic carbocycles. The van der Waals surface area contributed by atoms with Gasteiger partial charge in [0.05, 0.1) is 0 Å². The number of carbonyl (C=O) groups is 1. The smallest absolute Gasteiger partial charge is 0.209 e. The van der Waals surface area contributed by atoms with Gasteiger partial charge < -0.3 is 4.90 Å². The summed E-state index contributed by atoms with van der Waals surface area (Å²) in [5.41, 5.74) is 0.612. The van der Waals surface area contributed by atoms with Crippen molar-refractivity contribution >= 4 is 6.41 Å². The van der Waals surface area contributed by atoms with Crippen LogP contribution < -0.4 is 0 Å². The monoisotopic (exact) mass is 125 g/mol. The fourth-order valence-corrected chi connectivity index (χ4v) is 1.64. The van der Waals surface area contributed by atoms with E-state index in [2.05, 4.69) is 0 Å². The second-order valence-corrected chi connectivity index (χ2v) is 3.33. The summed E-state index contributed by atoms with van der Waals surface area (Å²) in [6.45, 7) is 2.04. The van der Waals surface area contributed by atoms with Crippen LogP contribution in [0, 0.1) is 5.41 Å². The Labute approximate surface area is 54.8 Å². The van der Waals surface area contributed by atoms with E-state index in [9.17, 15) is 4.79 Å². The van der Waals surface area contributed by atoms with Gasteiger partial charge in [-0.1, -0.05) is 0 Å². The molecule has 2 fully saturated rings. The molecule has 0 aromatic heterocycles. The molecule has 1 saturated heterocycles. The molecule has 1 heterocycles. The minimum absolute atomic E-state index is 0.612. The largest absolute Gasteiger partial charge is 0.345 e. The van der Waals surface area contributed by atoms with E-state index in [1.165, 1.54) is 19.3 Å². The van der Waals surface area contributed by atoms with Crippen molar-refractivity contribution in [1.82, 2.24) is 4.90 Å². The quantitative estimate of drug-likeness (QED) is 0.471. The maximum absolute atomic E-state index is 10.2. The number of likely N-dealkylation sites (tertiary alicyclic amines) is 1. The third-order valence-corrected chi connectivity index (χ3v) is 2.57. The number of nitrogens with zero attached hydrogens (tertiary/aromatic N) is 1. The Hall–Kier alpha value is -0.530. The zero-order chi connectivity index (χ0) is 6.32. The Bertz CT molecular complexity index is 140. The molecule has 0 aromatic rings. The van der Waals surface area contributed by atoms with Gasteiger partial charge in [0.15, 0.2) is 0 Å². The standard InChI is InChI=1S/C7H11NO/c9-6-8-4-3-7(5-8)1-2-7/h6H,1-5H2. The second-order valence-electron chi connectivity index (χ2n) is 3.33. The minimum atomic E-state index is 0.612.